The highest BCUT2D eigenvalue weighted by Crippen LogP contribution is 2.17. The Balaban J connectivity index is 1.64. The number of hydrogen-bond acceptors (Lipinski definition) is 3. The van der Waals surface area contributed by atoms with Crippen LogP contribution in [0.3, 0.4) is 0 Å². The molecule has 0 unspecified atom stereocenters. The Bertz CT molecular complexity index is 1040. The first kappa shape index (κ1) is 20.2. The number of carbonyl (C=O) groups is 1. The van der Waals surface area contributed by atoms with E-state index in [2.05, 4.69) is 5.32 Å². The van der Waals surface area contributed by atoms with Gasteiger partial charge in [0.1, 0.15) is 24.0 Å². The Morgan fingerprint density at radius 2 is 1.76 bits per heavy atom. The summed E-state index contributed by atoms with van der Waals surface area (Å²) in [5, 5.41) is 12.8. The monoisotopic (exact) mass is 402 g/mol. The lowest BCUT2D eigenvalue weighted by Gasteiger charge is -2.07. The Kier molecular flexibility index (Phi) is 7.05. The lowest BCUT2D eigenvalue weighted by atomic mass is 10.1. The molecule has 0 bridgehead atoms. The van der Waals surface area contributed by atoms with Crippen molar-refractivity contribution in [2.24, 2.45) is 0 Å². The number of ether oxygens (including phenoxy) is 1. The first-order valence-corrected chi connectivity index (χ1v) is 9.43. The van der Waals surface area contributed by atoms with E-state index in [0.717, 1.165) is 11.1 Å². The van der Waals surface area contributed by atoms with Crippen LogP contribution in [0, 0.1) is 11.3 Å². The van der Waals surface area contributed by atoms with Gasteiger partial charge in [-0.3, -0.25) is 4.79 Å². The number of hydrogen-bond donors (Lipinski definition) is 1. The van der Waals surface area contributed by atoms with Gasteiger partial charge in [0.25, 0.3) is 5.91 Å². The van der Waals surface area contributed by atoms with Gasteiger partial charge in [-0.1, -0.05) is 66.2 Å². The van der Waals surface area contributed by atoms with E-state index in [-0.39, 0.29) is 5.57 Å². The van der Waals surface area contributed by atoms with Gasteiger partial charge < -0.3 is 10.1 Å². The summed E-state index contributed by atoms with van der Waals surface area (Å²) in [6.45, 7) is 0.760. The molecule has 0 saturated heterocycles. The van der Waals surface area contributed by atoms with Crippen LogP contribution in [0.2, 0.25) is 5.02 Å². The number of halogens is 1. The van der Waals surface area contributed by atoms with Crippen molar-refractivity contribution in [2.75, 3.05) is 0 Å². The van der Waals surface area contributed by atoms with Crippen LogP contribution in [0.5, 0.6) is 5.75 Å². The third kappa shape index (κ3) is 6.24. The van der Waals surface area contributed by atoms with Gasteiger partial charge in [-0.15, -0.1) is 0 Å². The smallest absolute Gasteiger partial charge is 0.262 e. The Morgan fingerprint density at radius 3 is 2.48 bits per heavy atom. The average molecular weight is 403 g/mol. The van der Waals surface area contributed by atoms with Crippen molar-refractivity contribution in [2.45, 2.75) is 13.2 Å². The SMILES string of the molecule is N#CC(=Cc1cccc(OCc2ccccc2)c1)C(=O)NCc1ccc(Cl)cc1. The standard InChI is InChI=1S/C24H19ClN2O2/c25-22-11-9-18(10-12-22)16-27-24(28)21(15-26)13-20-7-4-8-23(14-20)29-17-19-5-2-1-3-6-19/h1-14H,16-17H2,(H,27,28). The van der Waals surface area contributed by atoms with Crippen molar-refractivity contribution in [3.8, 4) is 11.8 Å². The maximum absolute atomic E-state index is 12.4. The highest BCUT2D eigenvalue weighted by molar-refractivity contribution is 6.30. The topological polar surface area (TPSA) is 62.1 Å². The van der Waals surface area contributed by atoms with E-state index in [9.17, 15) is 10.1 Å². The minimum atomic E-state index is -0.432. The summed E-state index contributed by atoms with van der Waals surface area (Å²) in [4.78, 5) is 12.4. The molecule has 0 radical (unpaired) electrons. The van der Waals surface area contributed by atoms with Gasteiger partial charge >= 0.3 is 0 Å². The van der Waals surface area contributed by atoms with Gasteiger partial charge in [-0.25, -0.2) is 0 Å². The summed E-state index contributed by atoms with van der Waals surface area (Å²) in [6, 6.07) is 26.3. The molecule has 0 heterocycles. The van der Waals surface area contributed by atoms with Crippen LogP contribution < -0.4 is 10.1 Å². The fourth-order valence-electron chi connectivity index (χ4n) is 2.63. The molecular weight excluding hydrogens is 384 g/mol. The number of nitriles is 1. The molecule has 0 fully saturated rings. The zero-order valence-electron chi connectivity index (χ0n) is 15.6. The maximum atomic E-state index is 12.4. The normalized spacial score (nSPS) is 10.8. The van der Waals surface area contributed by atoms with Gasteiger partial charge in [0.15, 0.2) is 0 Å². The molecule has 0 aliphatic rings. The van der Waals surface area contributed by atoms with E-state index < -0.39 is 5.91 Å². The Hall–Kier alpha value is -3.55. The third-order valence-corrected chi connectivity index (χ3v) is 4.40. The van der Waals surface area contributed by atoms with Crippen LogP contribution in [0.25, 0.3) is 6.08 Å². The minimum Gasteiger partial charge on any atom is -0.489 e. The van der Waals surface area contributed by atoms with Crippen molar-refractivity contribution >= 4 is 23.6 Å². The molecule has 1 amide bonds. The second-order valence-electron chi connectivity index (χ2n) is 6.33. The van der Waals surface area contributed by atoms with Crippen molar-refractivity contribution < 1.29 is 9.53 Å². The molecule has 1 N–H and O–H groups in total. The van der Waals surface area contributed by atoms with Crippen LogP contribution in [0.4, 0.5) is 0 Å². The van der Waals surface area contributed by atoms with Crippen molar-refractivity contribution in [3.63, 3.8) is 0 Å². The molecule has 0 aliphatic carbocycles. The van der Waals surface area contributed by atoms with Crippen LogP contribution in [0.1, 0.15) is 16.7 Å². The fourth-order valence-corrected chi connectivity index (χ4v) is 2.76. The summed E-state index contributed by atoms with van der Waals surface area (Å²) in [5.74, 6) is 0.236. The minimum absolute atomic E-state index is 0.0270. The van der Waals surface area contributed by atoms with Crippen LogP contribution in [-0.4, -0.2) is 5.91 Å². The second kappa shape index (κ2) is 10.1. The van der Waals surface area contributed by atoms with E-state index in [1.54, 1.807) is 24.3 Å². The predicted octanol–water partition coefficient (Wildman–Crippen LogP) is 5.14. The van der Waals surface area contributed by atoms with Gasteiger partial charge in [-0.05, 0) is 47.0 Å². The number of nitrogens with zero attached hydrogens (tertiary/aromatic N) is 1. The molecule has 144 valence electrons. The number of benzene rings is 3. The number of nitrogens with one attached hydrogen (secondary N) is 1. The number of amides is 1. The van der Waals surface area contributed by atoms with Gasteiger partial charge in [0, 0.05) is 11.6 Å². The lowest BCUT2D eigenvalue weighted by molar-refractivity contribution is -0.117. The van der Waals surface area contributed by atoms with E-state index in [1.165, 1.54) is 0 Å². The molecule has 0 aliphatic heterocycles. The molecule has 29 heavy (non-hydrogen) atoms. The van der Waals surface area contributed by atoms with E-state index in [0.29, 0.717) is 29.5 Å². The molecule has 3 aromatic rings. The summed E-state index contributed by atoms with van der Waals surface area (Å²) in [5.41, 5.74) is 2.71. The van der Waals surface area contributed by atoms with Crippen molar-refractivity contribution in [1.82, 2.24) is 5.32 Å². The molecule has 0 aromatic heterocycles. The van der Waals surface area contributed by atoms with Gasteiger partial charge in [0.05, 0.1) is 0 Å². The zero-order chi connectivity index (χ0) is 20.5. The first-order valence-electron chi connectivity index (χ1n) is 9.05. The molecule has 0 saturated carbocycles. The number of carbonyl (C=O) groups excluding carboxylic acids is 1. The quantitative estimate of drug-likeness (QED) is 0.439. The Morgan fingerprint density at radius 1 is 1.00 bits per heavy atom. The average Bonchev–Trinajstić information content (AvgIpc) is 2.76. The van der Waals surface area contributed by atoms with Gasteiger partial charge in [-0.2, -0.15) is 5.26 Å². The van der Waals surface area contributed by atoms with Crippen LogP contribution in [0.15, 0.2) is 84.4 Å². The molecule has 0 spiro atoms. The lowest BCUT2D eigenvalue weighted by Crippen LogP contribution is -2.23. The summed E-state index contributed by atoms with van der Waals surface area (Å²) < 4.78 is 5.80. The van der Waals surface area contributed by atoms with E-state index >= 15 is 0 Å². The molecule has 5 heteroatoms. The summed E-state index contributed by atoms with van der Waals surface area (Å²) in [7, 11) is 0. The predicted molar refractivity (Wildman–Crippen MR) is 114 cm³/mol. The van der Waals surface area contributed by atoms with Crippen LogP contribution in [-0.2, 0) is 17.9 Å². The molecule has 3 rings (SSSR count). The molecule has 3 aromatic carbocycles. The summed E-state index contributed by atoms with van der Waals surface area (Å²) in [6.07, 6.45) is 1.55. The maximum Gasteiger partial charge on any atom is 0.262 e. The van der Waals surface area contributed by atoms with Gasteiger partial charge in [0.2, 0.25) is 0 Å². The highest BCUT2D eigenvalue weighted by atomic mass is 35.5. The number of rotatable bonds is 7. The van der Waals surface area contributed by atoms with Crippen molar-refractivity contribution in [3.05, 3.63) is 106 Å². The largest absolute Gasteiger partial charge is 0.489 e. The molecule has 0 atom stereocenters. The first-order chi connectivity index (χ1) is 14.1. The van der Waals surface area contributed by atoms with E-state index in [4.69, 9.17) is 16.3 Å². The Labute approximate surface area is 175 Å². The fraction of sp³-hybridized carbons (Fsp3) is 0.0833. The third-order valence-electron chi connectivity index (χ3n) is 4.15. The van der Waals surface area contributed by atoms with Crippen molar-refractivity contribution in [1.29, 1.82) is 5.26 Å². The highest BCUT2D eigenvalue weighted by Gasteiger charge is 2.09. The zero-order valence-corrected chi connectivity index (χ0v) is 16.4. The molecule has 4 nitrogen and oxygen atoms in total. The second-order valence-corrected chi connectivity index (χ2v) is 6.76. The molecular formula is C24H19ClN2O2. The van der Waals surface area contributed by atoms with Crippen LogP contribution >= 0.6 is 11.6 Å². The summed E-state index contributed by atoms with van der Waals surface area (Å²) >= 11 is 5.86. The van der Waals surface area contributed by atoms with E-state index in [1.807, 2.05) is 66.7 Å².